The van der Waals surface area contributed by atoms with Crippen molar-refractivity contribution in [3.63, 3.8) is 0 Å². The van der Waals surface area contributed by atoms with Crippen molar-refractivity contribution in [3.05, 3.63) is 29.3 Å². The highest BCUT2D eigenvalue weighted by Gasteiger charge is 2.20. The van der Waals surface area contributed by atoms with E-state index in [0.717, 1.165) is 12.1 Å². The zero-order chi connectivity index (χ0) is 13.7. The molecule has 0 aromatic heterocycles. The molecule has 0 aliphatic heterocycles. The van der Waals surface area contributed by atoms with Gasteiger partial charge in [0.25, 0.3) is 12.2 Å². The molecule has 0 aliphatic carbocycles. The Bertz CT molecular complexity index is 457. The minimum absolute atomic E-state index is 0.0379. The molecule has 0 bridgehead atoms. The number of carbonyl (C=O) groups excluding carboxylic acids is 2. The summed E-state index contributed by atoms with van der Waals surface area (Å²) in [7, 11) is 1.28. The number of halogens is 2. The van der Waals surface area contributed by atoms with Crippen LogP contribution in [-0.4, -0.2) is 25.5 Å². The number of carbonyl (C=O) groups is 2. The zero-order valence-electron chi connectivity index (χ0n) is 9.91. The van der Waals surface area contributed by atoms with E-state index >= 15 is 0 Å². The highest BCUT2D eigenvalue weighted by Crippen LogP contribution is 2.25. The lowest BCUT2D eigenvalue weighted by Gasteiger charge is -2.07. The lowest BCUT2D eigenvalue weighted by molar-refractivity contribution is -0.137. The highest BCUT2D eigenvalue weighted by atomic mass is 19.3. The molecule has 1 aromatic rings. The van der Waals surface area contributed by atoms with Gasteiger partial charge in [0, 0.05) is 11.1 Å². The normalized spacial score (nSPS) is 10.3. The maximum Gasteiger partial charge on any atom is 0.379 e. The molecule has 6 heteroatoms. The molecule has 0 heterocycles. The van der Waals surface area contributed by atoms with Crippen LogP contribution >= 0.6 is 0 Å². The lowest BCUT2D eigenvalue weighted by Crippen LogP contribution is -2.17. The van der Waals surface area contributed by atoms with Crippen molar-refractivity contribution in [3.8, 4) is 5.75 Å². The van der Waals surface area contributed by atoms with Crippen LogP contribution in [-0.2, 0) is 9.53 Å². The summed E-state index contributed by atoms with van der Waals surface area (Å²) in [5.41, 5.74) is -0.565. The topological polar surface area (TPSA) is 52.6 Å². The number of methoxy groups -OCH3 is 1. The van der Waals surface area contributed by atoms with Crippen molar-refractivity contribution in [2.24, 2.45) is 0 Å². The van der Waals surface area contributed by atoms with E-state index < -0.39 is 18.2 Å². The van der Waals surface area contributed by atoms with Crippen LogP contribution in [0, 0.1) is 0 Å². The summed E-state index contributed by atoms with van der Waals surface area (Å²) in [6.07, 6.45) is -2.76. The SMILES string of the molecule is CCOC(=O)C(=O)c1cc(OC)cc(C(F)F)c1. The second-order valence-electron chi connectivity index (χ2n) is 3.35. The Morgan fingerprint density at radius 1 is 1.28 bits per heavy atom. The number of benzene rings is 1. The Morgan fingerprint density at radius 2 is 1.94 bits per heavy atom. The number of hydrogen-bond acceptors (Lipinski definition) is 4. The summed E-state index contributed by atoms with van der Waals surface area (Å²) in [6.45, 7) is 1.58. The molecule has 0 saturated carbocycles. The van der Waals surface area contributed by atoms with E-state index in [1.54, 1.807) is 6.92 Å². The van der Waals surface area contributed by atoms with E-state index in [9.17, 15) is 18.4 Å². The quantitative estimate of drug-likeness (QED) is 0.462. The second kappa shape index (κ2) is 6.09. The molecule has 1 rings (SSSR count). The van der Waals surface area contributed by atoms with Crippen molar-refractivity contribution in [1.82, 2.24) is 0 Å². The van der Waals surface area contributed by atoms with Gasteiger partial charge in [0.05, 0.1) is 13.7 Å². The Hall–Kier alpha value is -1.98. The first kappa shape index (κ1) is 14.1. The van der Waals surface area contributed by atoms with Crippen molar-refractivity contribution in [2.75, 3.05) is 13.7 Å². The van der Waals surface area contributed by atoms with Crippen LogP contribution in [0.15, 0.2) is 18.2 Å². The van der Waals surface area contributed by atoms with Gasteiger partial charge in [-0.15, -0.1) is 0 Å². The summed E-state index contributed by atoms with van der Waals surface area (Å²) in [5, 5.41) is 0. The number of rotatable bonds is 5. The largest absolute Gasteiger partial charge is 0.497 e. The van der Waals surface area contributed by atoms with Crippen LogP contribution in [0.2, 0.25) is 0 Å². The fraction of sp³-hybridized carbons (Fsp3) is 0.333. The minimum atomic E-state index is -2.76. The molecule has 4 nitrogen and oxygen atoms in total. The summed E-state index contributed by atoms with van der Waals surface area (Å²) in [4.78, 5) is 22.8. The van der Waals surface area contributed by atoms with Crippen molar-refractivity contribution >= 4 is 11.8 Å². The zero-order valence-corrected chi connectivity index (χ0v) is 9.91. The molecule has 0 N–H and O–H groups in total. The fourth-order valence-electron chi connectivity index (χ4n) is 1.31. The Morgan fingerprint density at radius 3 is 2.44 bits per heavy atom. The molecule has 0 spiro atoms. The summed E-state index contributed by atoms with van der Waals surface area (Å²) in [6, 6.07) is 3.27. The molecule has 0 saturated heterocycles. The number of ketones is 1. The molecule has 0 unspecified atom stereocenters. The van der Waals surface area contributed by atoms with Gasteiger partial charge in [-0.1, -0.05) is 0 Å². The van der Waals surface area contributed by atoms with E-state index in [0.29, 0.717) is 0 Å². The predicted octanol–water partition coefficient (Wildman–Crippen LogP) is 2.38. The van der Waals surface area contributed by atoms with Crippen LogP contribution in [0.3, 0.4) is 0 Å². The molecular weight excluding hydrogens is 246 g/mol. The molecular formula is C12H12F2O4. The highest BCUT2D eigenvalue weighted by molar-refractivity contribution is 6.40. The van der Waals surface area contributed by atoms with Gasteiger partial charge in [-0.05, 0) is 25.1 Å². The van der Waals surface area contributed by atoms with Crippen molar-refractivity contribution < 1.29 is 27.8 Å². The number of hydrogen-bond donors (Lipinski definition) is 0. The molecule has 0 fully saturated rings. The lowest BCUT2D eigenvalue weighted by atomic mass is 10.1. The fourth-order valence-corrected chi connectivity index (χ4v) is 1.31. The summed E-state index contributed by atoms with van der Waals surface area (Å²) in [5.74, 6) is -1.97. The van der Waals surface area contributed by atoms with Crippen LogP contribution in [0.4, 0.5) is 8.78 Å². The molecule has 0 atom stereocenters. The van der Waals surface area contributed by atoms with Gasteiger partial charge in [-0.3, -0.25) is 4.79 Å². The average molecular weight is 258 g/mol. The number of esters is 1. The molecule has 0 radical (unpaired) electrons. The van der Waals surface area contributed by atoms with Gasteiger partial charge >= 0.3 is 5.97 Å². The molecule has 18 heavy (non-hydrogen) atoms. The van der Waals surface area contributed by atoms with Gasteiger partial charge in [0.2, 0.25) is 0 Å². The van der Waals surface area contributed by atoms with Crippen LogP contribution in [0.5, 0.6) is 5.75 Å². The molecule has 1 aromatic carbocycles. The number of alkyl halides is 2. The van der Waals surface area contributed by atoms with Gasteiger partial charge in [-0.2, -0.15) is 0 Å². The summed E-state index contributed by atoms with van der Waals surface area (Å²) < 4.78 is 34.5. The second-order valence-corrected chi connectivity index (χ2v) is 3.35. The van der Waals surface area contributed by atoms with Crippen molar-refractivity contribution in [1.29, 1.82) is 0 Å². The first-order valence-electron chi connectivity index (χ1n) is 5.18. The average Bonchev–Trinajstić information content (AvgIpc) is 2.37. The van der Waals surface area contributed by atoms with E-state index in [-0.39, 0.29) is 23.5 Å². The van der Waals surface area contributed by atoms with Gasteiger partial charge in [-0.25, -0.2) is 13.6 Å². The number of Topliss-reactive ketones (excluding diaryl/α,β-unsaturated/α-hetero) is 1. The number of ether oxygens (including phenoxy) is 2. The smallest absolute Gasteiger partial charge is 0.379 e. The maximum atomic E-state index is 12.6. The van der Waals surface area contributed by atoms with E-state index in [2.05, 4.69) is 4.74 Å². The Kier molecular flexibility index (Phi) is 4.76. The predicted molar refractivity (Wildman–Crippen MR) is 58.9 cm³/mol. The minimum Gasteiger partial charge on any atom is -0.497 e. The van der Waals surface area contributed by atoms with Crippen LogP contribution in [0.25, 0.3) is 0 Å². The van der Waals surface area contributed by atoms with Crippen molar-refractivity contribution in [2.45, 2.75) is 13.3 Å². The Labute approximate surface area is 103 Å². The van der Waals surface area contributed by atoms with Gasteiger partial charge < -0.3 is 9.47 Å². The third-order valence-corrected chi connectivity index (χ3v) is 2.14. The molecule has 0 aliphatic rings. The first-order chi connectivity index (χ1) is 8.49. The summed E-state index contributed by atoms with van der Waals surface area (Å²) >= 11 is 0. The monoisotopic (exact) mass is 258 g/mol. The van der Waals surface area contributed by atoms with Gasteiger partial charge in [0.15, 0.2) is 0 Å². The van der Waals surface area contributed by atoms with E-state index in [1.165, 1.54) is 13.2 Å². The van der Waals surface area contributed by atoms with E-state index in [1.807, 2.05) is 0 Å². The Balaban J connectivity index is 3.11. The van der Waals surface area contributed by atoms with Gasteiger partial charge in [0.1, 0.15) is 5.75 Å². The van der Waals surface area contributed by atoms with Crippen LogP contribution < -0.4 is 4.74 Å². The maximum absolute atomic E-state index is 12.6. The standard InChI is InChI=1S/C12H12F2O4/c1-3-18-12(16)10(15)7-4-8(11(13)14)6-9(5-7)17-2/h4-6,11H,3H2,1-2H3. The molecule has 98 valence electrons. The first-order valence-corrected chi connectivity index (χ1v) is 5.18. The third-order valence-electron chi connectivity index (χ3n) is 2.14. The van der Waals surface area contributed by atoms with Crippen LogP contribution in [0.1, 0.15) is 29.3 Å². The molecule has 0 amide bonds. The van der Waals surface area contributed by atoms with E-state index in [4.69, 9.17) is 4.74 Å². The third kappa shape index (κ3) is 3.26.